The van der Waals surface area contributed by atoms with Crippen LogP contribution in [0.25, 0.3) is 22.5 Å². The molecular weight excluding hydrogens is 324 g/mol. The van der Waals surface area contributed by atoms with E-state index in [4.69, 9.17) is 0 Å². The van der Waals surface area contributed by atoms with E-state index in [9.17, 15) is 0 Å². The molecule has 6 nitrogen and oxygen atoms in total. The maximum absolute atomic E-state index is 4.18. The molecule has 0 saturated carbocycles. The van der Waals surface area contributed by atoms with Crippen LogP contribution in [0, 0.1) is 11.8 Å². The first-order valence-electron chi connectivity index (χ1n) is 8.25. The first-order chi connectivity index (χ1) is 12.9. The molecule has 0 N–H and O–H groups in total. The second-order valence-corrected chi connectivity index (χ2v) is 5.69. The summed E-state index contributed by atoms with van der Waals surface area (Å²) >= 11 is 0. The Hall–Kier alpha value is -3.72. The van der Waals surface area contributed by atoms with Crippen LogP contribution >= 0.6 is 0 Å². The lowest BCUT2D eigenvalue weighted by atomic mass is 10.2. The lowest BCUT2D eigenvalue weighted by Crippen LogP contribution is -1.98. The Morgan fingerprint density at radius 3 is 1.46 bits per heavy atom. The highest BCUT2D eigenvalue weighted by Crippen LogP contribution is 2.15. The van der Waals surface area contributed by atoms with Crippen LogP contribution in [0.1, 0.15) is 0 Å². The monoisotopic (exact) mass is 340 g/mol. The van der Waals surface area contributed by atoms with Gasteiger partial charge in [0.2, 0.25) is 0 Å². The summed E-state index contributed by atoms with van der Waals surface area (Å²) in [6, 6.07) is 19.9. The maximum atomic E-state index is 4.18. The Morgan fingerprint density at radius 2 is 1.04 bits per heavy atom. The fourth-order valence-corrected chi connectivity index (χ4v) is 2.51. The zero-order valence-electron chi connectivity index (χ0n) is 14.0. The van der Waals surface area contributed by atoms with Crippen LogP contribution in [0.2, 0.25) is 0 Å². The predicted molar refractivity (Wildman–Crippen MR) is 98.7 cm³/mol. The molecule has 0 aliphatic heterocycles. The average molecular weight is 340 g/mol. The molecule has 0 fully saturated rings. The third-order valence-electron chi connectivity index (χ3n) is 3.82. The summed E-state index contributed by atoms with van der Waals surface area (Å²) in [5, 5.41) is 16.6. The summed E-state index contributed by atoms with van der Waals surface area (Å²) < 4.78 is 3.46. The minimum atomic E-state index is 0.486. The van der Waals surface area contributed by atoms with E-state index in [-0.39, 0.29) is 0 Å². The van der Waals surface area contributed by atoms with E-state index in [1.165, 1.54) is 0 Å². The zero-order valence-corrected chi connectivity index (χ0v) is 14.0. The number of rotatable bonds is 4. The molecule has 0 aliphatic rings. The van der Waals surface area contributed by atoms with Crippen molar-refractivity contribution < 1.29 is 0 Å². The van der Waals surface area contributed by atoms with Crippen LogP contribution in [0.3, 0.4) is 0 Å². The van der Waals surface area contributed by atoms with Crippen LogP contribution in [0.5, 0.6) is 0 Å². The van der Waals surface area contributed by atoms with Crippen molar-refractivity contribution in [2.75, 3.05) is 0 Å². The Labute approximate surface area is 151 Å². The van der Waals surface area contributed by atoms with Crippen molar-refractivity contribution in [1.29, 1.82) is 0 Å². The van der Waals surface area contributed by atoms with Crippen molar-refractivity contribution in [3.63, 3.8) is 0 Å². The Balaban J connectivity index is 1.36. The van der Waals surface area contributed by atoms with Crippen LogP contribution in [0.15, 0.2) is 73.1 Å². The van der Waals surface area contributed by atoms with Gasteiger partial charge in [0.15, 0.2) is 0 Å². The second-order valence-electron chi connectivity index (χ2n) is 5.69. The molecule has 0 atom stereocenters. The van der Waals surface area contributed by atoms with Gasteiger partial charge in [-0.3, -0.25) is 0 Å². The largest absolute Gasteiger partial charge is 0.240 e. The lowest BCUT2D eigenvalue weighted by molar-refractivity contribution is 0.662. The van der Waals surface area contributed by atoms with Gasteiger partial charge in [-0.15, -0.1) is 10.2 Å². The van der Waals surface area contributed by atoms with Gasteiger partial charge >= 0.3 is 0 Å². The second kappa shape index (κ2) is 7.45. The third-order valence-corrected chi connectivity index (χ3v) is 3.82. The fourth-order valence-electron chi connectivity index (χ4n) is 2.51. The summed E-state index contributed by atoms with van der Waals surface area (Å²) in [6.45, 7) is 0.972. The van der Waals surface area contributed by atoms with Gasteiger partial charge in [-0.1, -0.05) is 82.9 Å². The average Bonchev–Trinajstić information content (AvgIpc) is 3.37. The normalized spacial score (nSPS) is 10.3. The highest BCUT2D eigenvalue weighted by atomic mass is 15.4. The van der Waals surface area contributed by atoms with Gasteiger partial charge in [0, 0.05) is 11.1 Å². The number of aromatic nitrogens is 6. The molecule has 0 unspecified atom stereocenters. The van der Waals surface area contributed by atoms with Crippen molar-refractivity contribution >= 4 is 0 Å². The van der Waals surface area contributed by atoms with Gasteiger partial charge in [-0.25, -0.2) is 9.36 Å². The molecule has 0 aliphatic carbocycles. The summed E-state index contributed by atoms with van der Waals surface area (Å²) in [7, 11) is 0. The molecule has 26 heavy (non-hydrogen) atoms. The van der Waals surface area contributed by atoms with Crippen LogP contribution < -0.4 is 0 Å². The number of hydrogen-bond acceptors (Lipinski definition) is 4. The zero-order chi connectivity index (χ0) is 17.6. The van der Waals surface area contributed by atoms with E-state index in [1.807, 2.05) is 73.1 Å². The predicted octanol–water partition coefficient (Wildman–Crippen LogP) is 2.91. The molecule has 6 heteroatoms. The van der Waals surface area contributed by atoms with Gasteiger partial charge in [0.1, 0.15) is 24.5 Å². The summed E-state index contributed by atoms with van der Waals surface area (Å²) in [6.07, 6.45) is 3.79. The molecule has 2 heterocycles. The quantitative estimate of drug-likeness (QED) is 0.536. The fraction of sp³-hybridized carbons (Fsp3) is 0.100. The highest BCUT2D eigenvalue weighted by molar-refractivity contribution is 5.57. The first-order valence-corrected chi connectivity index (χ1v) is 8.25. The lowest BCUT2D eigenvalue weighted by Gasteiger charge is -1.93. The van der Waals surface area contributed by atoms with Crippen molar-refractivity contribution in [1.82, 2.24) is 30.0 Å². The first kappa shape index (κ1) is 15.8. The number of hydrogen-bond donors (Lipinski definition) is 0. The molecule has 0 amide bonds. The summed E-state index contributed by atoms with van der Waals surface area (Å²) in [5.41, 5.74) is 3.78. The van der Waals surface area contributed by atoms with E-state index < -0.39 is 0 Å². The third kappa shape index (κ3) is 3.68. The molecular formula is C20H16N6. The molecule has 4 aromatic rings. The summed E-state index contributed by atoms with van der Waals surface area (Å²) in [5.74, 6) is 6.17. The molecule has 0 spiro atoms. The van der Waals surface area contributed by atoms with Crippen molar-refractivity contribution in [2.24, 2.45) is 0 Å². The van der Waals surface area contributed by atoms with Gasteiger partial charge in [-0.05, 0) is 0 Å². The number of nitrogens with zero attached hydrogens (tertiary/aromatic N) is 6. The van der Waals surface area contributed by atoms with E-state index in [0.717, 1.165) is 22.5 Å². The highest BCUT2D eigenvalue weighted by Gasteiger charge is 2.03. The van der Waals surface area contributed by atoms with E-state index in [2.05, 4.69) is 32.5 Å². The molecule has 0 saturated heterocycles. The standard InChI is InChI=1S/C20H16N6/c1-3-9-17(10-4-1)19-15-25(23-21-19)13-7-8-14-26-16-20(22-24-26)18-11-5-2-6-12-18/h1-6,9-12,15-16H,13-14H2. The molecule has 2 aromatic carbocycles. The maximum Gasteiger partial charge on any atom is 0.113 e. The van der Waals surface area contributed by atoms with Gasteiger partial charge in [0.05, 0.1) is 12.4 Å². The summed E-state index contributed by atoms with van der Waals surface area (Å²) in [4.78, 5) is 0. The van der Waals surface area contributed by atoms with Gasteiger partial charge in [0.25, 0.3) is 0 Å². The van der Waals surface area contributed by atoms with Gasteiger partial charge in [-0.2, -0.15) is 0 Å². The van der Waals surface area contributed by atoms with Crippen LogP contribution in [-0.4, -0.2) is 30.0 Å². The SMILES string of the molecule is C(#CCn1cc(-c2ccccc2)nn1)Cn1cc(-c2ccccc2)nn1. The van der Waals surface area contributed by atoms with Crippen LogP contribution in [-0.2, 0) is 13.1 Å². The molecule has 0 radical (unpaired) electrons. The van der Waals surface area contributed by atoms with Gasteiger partial charge < -0.3 is 0 Å². The van der Waals surface area contributed by atoms with Crippen molar-refractivity contribution in [3.8, 4) is 34.4 Å². The molecule has 4 rings (SSSR count). The Morgan fingerprint density at radius 1 is 0.615 bits per heavy atom. The molecule has 126 valence electrons. The van der Waals surface area contributed by atoms with E-state index in [1.54, 1.807) is 9.36 Å². The minimum Gasteiger partial charge on any atom is -0.240 e. The molecule has 0 bridgehead atoms. The van der Waals surface area contributed by atoms with Crippen molar-refractivity contribution in [3.05, 3.63) is 73.1 Å². The Kier molecular flexibility index (Phi) is 4.52. The van der Waals surface area contributed by atoms with E-state index in [0.29, 0.717) is 13.1 Å². The van der Waals surface area contributed by atoms with Crippen molar-refractivity contribution in [2.45, 2.75) is 13.1 Å². The van der Waals surface area contributed by atoms with Crippen LogP contribution in [0.4, 0.5) is 0 Å². The Bertz CT molecular complexity index is 954. The van der Waals surface area contributed by atoms with E-state index >= 15 is 0 Å². The smallest absolute Gasteiger partial charge is 0.113 e. The number of benzene rings is 2. The topological polar surface area (TPSA) is 61.4 Å². The molecule has 2 aromatic heterocycles. The minimum absolute atomic E-state index is 0.486.